The van der Waals surface area contributed by atoms with Gasteiger partial charge < -0.3 is 5.73 Å². The van der Waals surface area contributed by atoms with E-state index in [4.69, 9.17) is 5.73 Å². The van der Waals surface area contributed by atoms with E-state index in [1.807, 2.05) is 0 Å². The van der Waals surface area contributed by atoms with Crippen molar-refractivity contribution in [3.8, 4) is 0 Å². The van der Waals surface area contributed by atoms with E-state index >= 15 is 0 Å². The molecule has 1 rings (SSSR count). The fraction of sp³-hybridized carbons (Fsp3) is 1.00. The summed E-state index contributed by atoms with van der Waals surface area (Å²) in [6.45, 7) is 2.17. The summed E-state index contributed by atoms with van der Waals surface area (Å²) in [5, 5.41) is 0. The largest absolute Gasteiger partial charge is 0.327 e. The average molecular weight is 108 g/mol. The van der Waals surface area contributed by atoms with Crippen molar-refractivity contribution in [3.63, 3.8) is 0 Å². The first-order valence-electron chi connectivity index (χ1n) is 2.06. The molecule has 0 aromatic carbocycles. The molecule has 1 saturated carbocycles. The summed E-state index contributed by atoms with van der Waals surface area (Å²) in [6.07, 6.45) is 1.25. The molecule has 0 heterocycles. The van der Waals surface area contributed by atoms with Crippen molar-refractivity contribution in [3.05, 3.63) is 0 Å². The highest BCUT2D eigenvalue weighted by Gasteiger charge is 2.27. The minimum atomic E-state index is 0. The van der Waals surface area contributed by atoms with Crippen molar-refractivity contribution in [2.24, 2.45) is 11.7 Å². The van der Waals surface area contributed by atoms with E-state index in [2.05, 4.69) is 6.92 Å². The summed E-state index contributed by atoms with van der Waals surface area (Å²) in [5.41, 5.74) is 5.37. The predicted octanol–water partition coefficient (Wildman–Crippen LogP) is 0.775. The summed E-state index contributed by atoms with van der Waals surface area (Å²) in [4.78, 5) is 0. The Balaban J connectivity index is 0.000000250. The van der Waals surface area contributed by atoms with Crippen LogP contribution in [-0.2, 0) is 0 Å². The van der Waals surface area contributed by atoms with Gasteiger partial charge in [-0.05, 0) is 12.3 Å². The summed E-state index contributed by atoms with van der Waals surface area (Å²) in [7, 11) is 0. The molecule has 0 aromatic heterocycles. The molecule has 0 aromatic rings. The minimum absolute atomic E-state index is 0. The maximum absolute atomic E-state index is 5.37. The fourth-order valence-corrected chi connectivity index (χ4v) is 0.351. The smallest absolute Gasteiger partial charge is 0.00682 e. The second-order valence-electron chi connectivity index (χ2n) is 1.88. The van der Waals surface area contributed by atoms with Gasteiger partial charge >= 0.3 is 0 Å². The predicted molar refractivity (Wildman–Crippen MR) is 29.0 cm³/mol. The van der Waals surface area contributed by atoms with Gasteiger partial charge in [-0.2, -0.15) is 0 Å². The first-order valence-corrected chi connectivity index (χ1v) is 2.06. The van der Waals surface area contributed by atoms with Gasteiger partial charge in [0.2, 0.25) is 0 Å². The third kappa shape index (κ3) is 1.15. The Hall–Kier alpha value is 0.250. The first-order chi connectivity index (χ1) is 2.30. The molecule has 1 nitrogen and oxygen atoms in total. The van der Waals surface area contributed by atoms with Crippen LogP contribution in [0.1, 0.15) is 13.3 Å². The Morgan fingerprint density at radius 1 is 1.67 bits per heavy atom. The molecule has 1 aliphatic rings. The maximum Gasteiger partial charge on any atom is 0.00682 e. The molecule has 38 valence electrons. The van der Waals surface area contributed by atoms with E-state index in [-0.39, 0.29) is 12.4 Å². The van der Waals surface area contributed by atoms with Gasteiger partial charge in [-0.15, -0.1) is 12.4 Å². The quantitative estimate of drug-likeness (QED) is 0.486. The van der Waals surface area contributed by atoms with Crippen molar-refractivity contribution >= 4 is 12.4 Å². The lowest BCUT2D eigenvalue weighted by molar-refractivity contribution is 0.895. The molecule has 0 radical (unpaired) electrons. The normalized spacial score (nSPS) is 41.0. The number of hydrogen-bond donors (Lipinski definition) is 1. The highest BCUT2D eigenvalue weighted by atomic mass is 35.5. The zero-order chi connectivity index (χ0) is 3.86. The molecule has 6 heavy (non-hydrogen) atoms. The summed E-state index contributed by atoms with van der Waals surface area (Å²) in [5.74, 6) is 0.829. The standard InChI is InChI=1S/C4H9N.ClH/c1-3-2-4(3)5;/h3-4H,2,5H2,1H3;1H. The molecule has 1 fully saturated rings. The Kier molecular flexibility index (Phi) is 1.88. The molecular formula is C4H10ClN. The van der Waals surface area contributed by atoms with E-state index in [1.165, 1.54) is 6.42 Å². The fourth-order valence-electron chi connectivity index (χ4n) is 0.351. The molecule has 2 N–H and O–H groups in total. The Bertz CT molecular complexity index is 40.8. The third-order valence-electron chi connectivity index (χ3n) is 1.17. The Morgan fingerprint density at radius 2 is 1.83 bits per heavy atom. The van der Waals surface area contributed by atoms with Crippen LogP contribution in [-0.4, -0.2) is 6.04 Å². The van der Waals surface area contributed by atoms with E-state index in [0.29, 0.717) is 6.04 Å². The summed E-state index contributed by atoms with van der Waals surface area (Å²) >= 11 is 0. The van der Waals surface area contributed by atoms with Crippen LogP contribution in [0.2, 0.25) is 0 Å². The van der Waals surface area contributed by atoms with Gasteiger partial charge in [0.15, 0.2) is 0 Å². The average Bonchev–Trinajstić information content (AvgIpc) is 1.79. The van der Waals surface area contributed by atoms with Gasteiger partial charge in [0.25, 0.3) is 0 Å². The molecule has 0 saturated heterocycles. The highest BCUT2D eigenvalue weighted by molar-refractivity contribution is 5.85. The van der Waals surface area contributed by atoms with E-state index in [1.54, 1.807) is 0 Å². The van der Waals surface area contributed by atoms with Crippen molar-refractivity contribution in [1.29, 1.82) is 0 Å². The van der Waals surface area contributed by atoms with Crippen LogP contribution in [0.15, 0.2) is 0 Å². The zero-order valence-corrected chi connectivity index (χ0v) is 4.66. The molecule has 0 bridgehead atoms. The van der Waals surface area contributed by atoms with Crippen LogP contribution in [0.4, 0.5) is 0 Å². The number of rotatable bonds is 0. The SMILES string of the molecule is CC1CC1N.Cl. The molecule has 2 unspecified atom stereocenters. The van der Waals surface area contributed by atoms with Crippen LogP contribution >= 0.6 is 12.4 Å². The number of halogens is 1. The van der Waals surface area contributed by atoms with Crippen molar-refractivity contribution in [1.82, 2.24) is 0 Å². The van der Waals surface area contributed by atoms with E-state index in [0.717, 1.165) is 5.92 Å². The molecular weight excluding hydrogens is 97.5 g/mol. The van der Waals surface area contributed by atoms with Gasteiger partial charge in [-0.3, -0.25) is 0 Å². The monoisotopic (exact) mass is 107 g/mol. The Labute approximate surface area is 44.3 Å². The lowest BCUT2D eigenvalue weighted by Crippen LogP contribution is -1.98. The van der Waals surface area contributed by atoms with E-state index < -0.39 is 0 Å². The summed E-state index contributed by atoms with van der Waals surface area (Å²) < 4.78 is 0. The molecule has 0 aliphatic heterocycles. The van der Waals surface area contributed by atoms with Gasteiger partial charge in [0, 0.05) is 6.04 Å². The van der Waals surface area contributed by atoms with Gasteiger partial charge in [0.05, 0.1) is 0 Å². The Morgan fingerprint density at radius 3 is 1.83 bits per heavy atom. The van der Waals surface area contributed by atoms with Gasteiger partial charge in [-0.25, -0.2) is 0 Å². The highest BCUT2D eigenvalue weighted by Crippen LogP contribution is 2.25. The minimum Gasteiger partial charge on any atom is -0.327 e. The van der Waals surface area contributed by atoms with E-state index in [9.17, 15) is 0 Å². The van der Waals surface area contributed by atoms with Crippen LogP contribution in [0.3, 0.4) is 0 Å². The van der Waals surface area contributed by atoms with Crippen molar-refractivity contribution in [2.45, 2.75) is 19.4 Å². The van der Waals surface area contributed by atoms with Crippen LogP contribution in [0.25, 0.3) is 0 Å². The zero-order valence-electron chi connectivity index (χ0n) is 3.85. The molecule has 0 spiro atoms. The second kappa shape index (κ2) is 1.80. The van der Waals surface area contributed by atoms with Gasteiger partial charge in [-0.1, -0.05) is 6.92 Å². The van der Waals surface area contributed by atoms with Gasteiger partial charge in [0.1, 0.15) is 0 Å². The molecule has 1 aliphatic carbocycles. The molecule has 2 heteroatoms. The second-order valence-corrected chi connectivity index (χ2v) is 1.88. The van der Waals surface area contributed by atoms with Crippen LogP contribution in [0.5, 0.6) is 0 Å². The lowest BCUT2D eigenvalue weighted by Gasteiger charge is -1.69. The van der Waals surface area contributed by atoms with Crippen molar-refractivity contribution < 1.29 is 0 Å². The third-order valence-corrected chi connectivity index (χ3v) is 1.17. The maximum atomic E-state index is 5.37. The first kappa shape index (κ1) is 6.25. The van der Waals surface area contributed by atoms with Crippen LogP contribution < -0.4 is 5.73 Å². The topological polar surface area (TPSA) is 26.0 Å². The number of hydrogen-bond acceptors (Lipinski definition) is 1. The summed E-state index contributed by atoms with van der Waals surface area (Å²) in [6, 6.07) is 0.551. The lowest BCUT2D eigenvalue weighted by atomic mass is 10.5. The molecule has 2 atom stereocenters. The van der Waals surface area contributed by atoms with Crippen molar-refractivity contribution in [2.75, 3.05) is 0 Å². The van der Waals surface area contributed by atoms with Crippen LogP contribution in [0, 0.1) is 5.92 Å². The number of nitrogens with two attached hydrogens (primary N) is 1. The molecule has 0 amide bonds.